The molecule has 0 nitrogen and oxygen atoms in total. The van der Waals surface area contributed by atoms with Crippen molar-refractivity contribution >= 4 is 22.6 Å². The second-order valence-electron chi connectivity index (χ2n) is 0.778. The summed E-state index contributed by atoms with van der Waals surface area (Å²) in [6.45, 7) is 0. The van der Waals surface area contributed by atoms with E-state index in [9.17, 15) is 8.78 Å². The maximum atomic E-state index is 10.9. The molecule has 3 heteroatoms. The van der Waals surface area contributed by atoms with E-state index in [4.69, 9.17) is 0 Å². The third-order valence-corrected chi connectivity index (χ3v) is 0.823. The Morgan fingerprint density at radius 1 is 1.50 bits per heavy atom. The van der Waals surface area contributed by atoms with Crippen LogP contribution in [0.2, 0.25) is 0 Å². The number of hydrogen-bond acceptors (Lipinski definition) is 0. The molecule has 0 amide bonds. The molecule has 0 saturated carbocycles. The Kier molecular flexibility index (Phi) is 4.14. The Bertz CT molecular complexity index is 30.0. The average molecular weight is 205 g/mol. The standard InChI is InChI=1S/C3H4F2I/c4-3(5)1-2-6/h1-2H2. The molecule has 0 heterocycles. The van der Waals surface area contributed by atoms with Gasteiger partial charge >= 0.3 is 6.43 Å². The molecule has 0 aromatic rings. The molecule has 0 saturated heterocycles. The lowest BCUT2D eigenvalue weighted by Crippen LogP contribution is -1.77. The van der Waals surface area contributed by atoms with Gasteiger partial charge in [0.05, 0.1) is 0 Å². The summed E-state index contributed by atoms with van der Waals surface area (Å²) in [5.41, 5.74) is 0. The van der Waals surface area contributed by atoms with Gasteiger partial charge in [-0.3, -0.25) is 0 Å². The number of alkyl halides is 1. The Labute approximate surface area is 49.1 Å². The first kappa shape index (κ1) is 6.59. The molecule has 0 rings (SSSR count). The van der Waals surface area contributed by atoms with Crippen LogP contribution in [0.3, 0.4) is 0 Å². The largest absolute Gasteiger partial charge is 0.311 e. The van der Waals surface area contributed by atoms with E-state index in [0.717, 1.165) is 0 Å². The minimum Gasteiger partial charge on any atom is -0.200 e. The van der Waals surface area contributed by atoms with Gasteiger partial charge in [-0.15, -0.1) is 0 Å². The maximum absolute atomic E-state index is 10.9. The molecule has 37 valence electrons. The smallest absolute Gasteiger partial charge is 0.200 e. The van der Waals surface area contributed by atoms with Gasteiger partial charge in [-0.25, -0.2) is 0 Å². The van der Waals surface area contributed by atoms with Crippen molar-refractivity contribution in [3.05, 3.63) is 6.43 Å². The van der Waals surface area contributed by atoms with Crippen LogP contribution in [-0.2, 0) is 0 Å². The quantitative estimate of drug-likeness (QED) is 0.479. The van der Waals surface area contributed by atoms with E-state index in [0.29, 0.717) is 4.43 Å². The maximum Gasteiger partial charge on any atom is 0.311 e. The highest BCUT2D eigenvalue weighted by molar-refractivity contribution is 14.1. The summed E-state index contributed by atoms with van der Waals surface area (Å²) >= 11 is 1.90. The van der Waals surface area contributed by atoms with Gasteiger partial charge in [-0.1, -0.05) is 22.6 Å². The molecule has 0 aliphatic heterocycles. The fraction of sp³-hybridized carbons (Fsp3) is 0.667. The van der Waals surface area contributed by atoms with Gasteiger partial charge in [0.2, 0.25) is 0 Å². The van der Waals surface area contributed by atoms with Crippen LogP contribution >= 0.6 is 22.6 Å². The lowest BCUT2D eigenvalue weighted by molar-refractivity contribution is 0.280. The minimum absolute atomic E-state index is 0.0550. The molecule has 0 bridgehead atoms. The molecule has 6 heavy (non-hydrogen) atoms. The van der Waals surface area contributed by atoms with Gasteiger partial charge in [0.15, 0.2) is 0 Å². The van der Waals surface area contributed by atoms with Crippen molar-refractivity contribution in [2.24, 2.45) is 0 Å². The van der Waals surface area contributed by atoms with Crippen molar-refractivity contribution in [3.8, 4) is 0 Å². The van der Waals surface area contributed by atoms with Crippen LogP contribution in [0.1, 0.15) is 6.42 Å². The van der Waals surface area contributed by atoms with Crippen LogP contribution in [0.4, 0.5) is 8.78 Å². The molecule has 0 aromatic carbocycles. The Hall–Kier alpha value is 0.590. The molecule has 0 aliphatic carbocycles. The summed E-state index contributed by atoms with van der Waals surface area (Å²) < 4.78 is 22.4. The third kappa shape index (κ3) is 4.59. The first-order chi connectivity index (χ1) is 2.77. The minimum atomic E-state index is -1.47. The van der Waals surface area contributed by atoms with Crippen molar-refractivity contribution in [1.29, 1.82) is 0 Å². The van der Waals surface area contributed by atoms with Crippen LogP contribution in [0, 0.1) is 6.43 Å². The van der Waals surface area contributed by atoms with Crippen molar-refractivity contribution < 1.29 is 8.78 Å². The van der Waals surface area contributed by atoms with Crippen LogP contribution < -0.4 is 0 Å². The average Bonchev–Trinajstić information content (AvgIpc) is 1.35. The number of halogens is 3. The Morgan fingerprint density at radius 2 is 2.00 bits per heavy atom. The monoisotopic (exact) mass is 205 g/mol. The van der Waals surface area contributed by atoms with E-state index in [1.54, 1.807) is 0 Å². The zero-order chi connectivity index (χ0) is 4.99. The van der Waals surface area contributed by atoms with E-state index < -0.39 is 6.43 Å². The highest BCUT2D eigenvalue weighted by Crippen LogP contribution is 2.09. The summed E-state index contributed by atoms with van der Waals surface area (Å²) in [6, 6.07) is 0. The molecule has 0 N–H and O–H groups in total. The molecule has 0 atom stereocenters. The second kappa shape index (κ2) is 3.77. The predicted molar refractivity (Wildman–Crippen MR) is 29.0 cm³/mol. The van der Waals surface area contributed by atoms with Gasteiger partial charge in [-0.05, 0) is 0 Å². The fourth-order valence-corrected chi connectivity index (χ4v) is 0.479. The number of hydrogen-bond donors (Lipinski definition) is 0. The molecule has 0 aliphatic rings. The first-order valence-corrected chi connectivity index (χ1v) is 3.02. The van der Waals surface area contributed by atoms with Crippen molar-refractivity contribution in [2.45, 2.75) is 6.42 Å². The fourth-order valence-electron chi connectivity index (χ4n) is 0.0714. The predicted octanol–water partition coefficient (Wildman–Crippen LogP) is 2.24. The lowest BCUT2D eigenvalue weighted by atomic mass is 10.5. The molecular weight excluding hydrogens is 201 g/mol. The van der Waals surface area contributed by atoms with Crippen molar-refractivity contribution in [2.75, 3.05) is 4.43 Å². The molecule has 0 aromatic heterocycles. The van der Waals surface area contributed by atoms with Crippen molar-refractivity contribution in [3.63, 3.8) is 0 Å². The van der Waals surface area contributed by atoms with Crippen LogP contribution in [0.5, 0.6) is 0 Å². The summed E-state index contributed by atoms with van der Waals surface area (Å²) in [5.74, 6) is 0. The third-order valence-electron chi connectivity index (χ3n) is 0.283. The van der Waals surface area contributed by atoms with E-state index in [-0.39, 0.29) is 6.42 Å². The van der Waals surface area contributed by atoms with Crippen molar-refractivity contribution in [1.82, 2.24) is 0 Å². The second-order valence-corrected chi connectivity index (χ2v) is 1.86. The zero-order valence-corrected chi connectivity index (χ0v) is 5.21. The number of rotatable bonds is 2. The highest BCUT2D eigenvalue weighted by atomic mass is 127. The van der Waals surface area contributed by atoms with Crippen LogP contribution in [-0.4, -0.2) is 4.43 Å². The van der Waals surface area contributed by atoms with Gasteiger partial charge in [0.25, 0.3) is 0 Å². The SMILES string of the molecule is F[C](F)CCI. The molecule has 1 radical (unpaired) electrons. The zero-order valence-electron chi connectivity index (χ0n) is 3.05. The normalized spacial score (nSPS) is 10.0. The molecule has 0 fully saturated rings. The van der Waals surface area contributed by atoms with E-state index >= 15 is 0 Å². The lowest BCUT2D eigenvalue weighted by Gasteiger charge is -1.84. The molecule has 0 spiro atoms. The van der Waals surface area contributed by atoms with Crippen LogP contribution in [0.25, 0.3) is 0 Å². The topological polar surface area (TPSA) is 0 Å². The first-order valence-electron chi connectivity index (χ1n) is 1.50. The van der Waals surface area contributed by atoms with E-state index in [1.165, 1.54) is 0 Å². The Balaban J connectivity index is 2.63. The summed E-state index contributed by atoms with van der Waals surface area (Å²) in [7, 11) is 0. The van der Waals surface area contributed by atoms with Gasteiger partial charge in [-0.2, -0.15) is 8.78 Å². The molecular formula is C3H4F2I. The van der Waals surface area contributed by atoms with Crippen LogP contribution in [0.15, 0.2) is 0 Å². The summed E-state index contributed by atoms with van der Waals surface area (Å²) in [5, 5.41) is 0. The summed E-state index contributed by atoms with van der Waals surface area (Å²) in [6.07, 6.45) is -1.52. The van der Waals surface area contributed by atoms with Gasteiger partial charge < -0.3 is 0 Å². The van der Waals surface area contributed by atoms with E-state index in [2.05, 4.69) is 0 Å². The Morgan fingerprint density at radius 3 is 2.00 bits per heavy atom. The van der Waals surface area contributed by atoms with Gasteiger partial charge in [0.1, 0.15) is 0 Å². The highest BCUT2D eigenvalue weighted by Gasteiger charge is 1.99. The van der Waals surface area contributed by atoms with E-state index in [1.807, 2.05) is 22.6 Å². The molecule has 0 unspecified atom stereocenters. The van der Waals surface area contributed by atoms with Gasteiger partial charge in [0, 0.05) is 10.8 Å². The summed E-state index contributed by atoms with van der Waals surface area (Å²) in [4.78, 5) is 0.